The lowest BCUT2D eigenvalue weighted by molar-refractivity contribution is -0.131. The van der Waals surface area contributed by atoms with Crippen LogP contribution in [-0.4, -0.2) is 58.6 Å². The molecule has 0 bridgehead atoms. The number of aliphatic carboxylic acids is 1. The molecular formula is C43H48N4O5. The summed E-state index contributed by atoms with van der Waals surface area (Å²) in [6.45, 7) is 1.92. The molecule has 0 radical (unpaired) electrons. The van der Waals surface area contributed by atoms with Gasteiger partial charge in [0, 0.05) is 46.4 Å². The number of fused-ring (bicyclic) bond motifs is 7. The van der Waals surface area contributed by atoms with Crippen LogP contribution >= 0.6 is 0 Å². The average molecular weight is 701 g/mol. The quantitative estimate of drug-likeness (QED) is 0.160. The van der Waals surface area contributed by atoms with E-state index in [0.29, 0.717) is 47.5 Å². The number of aromatic nitrogens is 1. The van der Waals surface area contributed by atoms with E-state index in [2.05, 4.69) is 57.5 Å². The number of amides is 2. The fraction of sp³-hybridized carbons (Fsp3) is 0.419. The van der Waals surface area contributed by atoms with Gasteiger partial charge in [0.1, 0.15) is 11.3 Å². The topological polar surface area (TPSA) is 113 Å². The molecule has 2 amide bonds. The van der Waals surface area contributed by atoms with Crippen molar-refractivity contribution in [3.05, 3.63) is 89.0 Å². The standard InChI is InChI=1S/C43H48N4O5/c1-46-23-20-30-26-47-36-24-29(41(50)45-43(21-6-7-22-43)42(51)44-31-14-10-27(11-15-31)12-19-37(48)49)13-17-34(36)38(28-8-4-3-5-9-28)40(47)33-18-16-32(52-2)25-35(33)39(30)46/h10-19,24-25,28,30,39H,3-9,20-23,26H2,1-2H3,(H,44,51)(H,45,50)(H,48,49)/b19-12+. The fourth-order valence-corrected chi connectivity index (χ4v) is 9.65. The van der Waals surface area contributed by atoms with Gasteiger partial charge in [-0.15, -0.1) is 0 Å². The minimum absolute atomic E-state index is 0.229. The number of anilines is 1. The van der Waals surface area contributed by atoms with Gasteiger partial charge in [0.05, 0.1) is 12.8 Å². The lowest BCUT2D eigenvalue weighted by atomic mass is 9.81. The van der Waals surface area contributed by atoms with E-state index < -0.39 is 11.5 Å². The molecule has 1 saturated heterocycles. The number of hydrogen-bond donors (Lipinski definition) is 3. The van der Waals surface area contributed by atoms with Gasteiger partial charge < -0.3 is 25.0 Å². The maximum Gasteiger partial charge on any atom is 0.328 e. The Morgan fingerprint density at radius 2 is 1.69 bits per heavy atom. The van der Waals surface area contributed by atoms with E-state index in [-0.39, 0.29) is 11.8 Å². The first kappa shape index (κ1) is 34.2. The zero-order valence-corrected chi connectivity index (χ0v) is 30.1. The molecule has 2 aliphatic carbocycles. The molecule has 0 spiro atoms. The van der Waals surface area contributed by atoms with E-state index in [1.807, 2.05) is 6.07 Å². The predicted octanol–water partition coefficient (Wildman–Crippen LogP) is 8.15. The number of carbonyl (C=O) groups excluding carboxylic acids is 2. The number of carboxylic acid groups (broad SMARTS) is 1. The second-order valence-electron chi connectivity index (χ2n) is 15.4. The third-order valence-electron chi connectivity index (χ3n) is 12.2. The zero-order chi connectivity index (χ0) is 36.0. The van der Waals surface area contributed by atoms with Gasteiger partial charge in [0.2, 0.25) is 5.91 Å². The maximum absolute atomic E-state index is 14.2. The summed E-state index contributed by atoms with van der Waals surface area (Å²) < 4.78 is 8.28. The molecule has 4 aliphatic rings. The zero-order valence-electron chi connectivity index (χ0n) is 30.1. The Hall–Kier alpha value is -4.89. The van der Waals surface area contributed by atoms with E-state index in [1.54, 1.807) is 31.4 Å². The molecule has 52 heavy (non-hydrogen) atoms. The van der Waals surface area contributed by atoms with Crippen molar-refractivity contribution >= 4 is 40.4 Å². The van der Waals surface area contributed by atoms with Gasteiger partial charge in [-0.25, -0.2) is 4.79 Å². The first-order chi connectivity index (χ1) is 25.2. The molecule has 2 unspecified atom stereocenters. The highest BCUT2D eigenvalue weighted by molar-refractivity contribution is 6.06. The third-order valence-corrected chi connectivity index (χ3v) is 12.2. The minimum Gasteiger partial charge on any atom is -0.497 e. The van der Waals surface area contributed by atoms with Crippen LogP contribution in [-0.2, 0) is 16.1 Å². The highest BCUT2D eigenvalue weighted by atomic mass is 16.5. The van der Waals surface area contributed by atoms with E-state index >= 15 is 0 Å². The van der Waals surface area contributed by atoms with Crippen LogP contribution in [0, 0.1) is 5.92 Å². The van der Waals surface area contributed by atoms with Gasteiger partial charge in [0.25, 0.3) is 5.91 Å². The second kappa shape index (κ2) is 13.9. The summed E-state index contributed by atoms with van der Waals surface area (Å²) in [4.78, 5) is 41.5. The summed E-state index contributed by atoms with van der Waals surface area (Å²) in [6.07, 6.45) is 12.6. The third kappa shape index (κ3) is 6.19. The molecule has 4 aromatic rings. The minimum atomic E-state index is -1.02. The van der Waals surface area contributed by atoms with Gasteiger partial charge in [-0.05, 0) is 123 Å². The van der Waals surface area contributed by atoms with Gasteiger partial charge in [-0.2, -0.15) is 0 Å². The smallest absolute Gasteiger partial charge is 0.328 e. The van der Waals surface area contributed by atoms with E-state index in [9.17, 15) is 14.4 Å². The molecule has 9 heteroatoms. The highest BCUT2D eigenvalue weighted by Crippen LogP contribution is 2.51. The van der Waals surface area contributed by atoms with Gasteiger partial charge in [-0.3, -0.25) is 14.5 Å². The van der Waals surface area contributed by atoms with Crippen LogP contribution in [0.2, 0.25) is 0 Å². The van der Waals surface area contributed by atoms with Crippen LogP contribution in [0.15, 0.2) is 66.7 Å². The lowest BCUT2D eigenvalue weighted by Crippen LogP contribution is -2.55. The first-order valence-corrected chi connectivity index (χ1v) is 18.9. The molecule has 1 aromatic heterocycles. The Labute approximate surface area is 305 Å². The molecule has 270 valence electrons. The Morgan fingerprint density at radius 3 is 2.42 bits per heavy atom. The van der Waals surface area contributed by atoms with Crippen molar-refractivity contribution in [1.29, 1.82) is 0 Å². The first-order valence-electron chi connectivity index (χ1n) is 18.9. The molecule has 3 N–H and O–H groups in total. The molecular weight excluding hydrogens is 652 g/mol. The van der Waals surface area contributed by atoms with Crippen LogP contribution in [0.5, 0.6) is 5.75 Å². The number of methoxy groups -OCH3 is 1. The number of benzene rings is 3. The summed E-state index contributed by atoms with van der Waals surface area (Å²) in [5, 5.41) is 16.4. The normalized spacial score (nSPS) is 21.3. The molecule has 3 heterocycles. The second-order valence-corrected chi connectivity index (χ2v) is 15.4. The number of likely N-dealkylation sites (tertiary alicyclic amines) is 1. The van der Waals surface area contributed by atoms with Crippen LogP contribution in [0.1, 0.15) is 103 Å². The molecule has 8 rings (SSSR count). The maximum atomic E-state index is 14.2. The monoisotopic (exact) mass is 700 g/mol. The van der Waals surface area contributed by atoms with Crippen LogP contribution in [0.3, 0.4) is 0 Å². The molecule has 2 atom stereocenters. The van der Waals surface area contributed by atoms with Crippen molar-refractivity contribution in [2.75, 3.05) is 26.0 Å². The molecule has 2 aliphatic heterocycles. The summed E-state index contributed by atoms with van der Waals surface area (Å²) in [5.74, 6) is 0.292. The SMILES string of the molecule is COc1ccc2c(c1)C1C(CCN1C)Cn1c-2c(C2CCCCC2)c2ccc(C(=O)NC3(C(=O)Nc4ccc(/C=C/C(=O)O)cc4)CCCC3)cc21. The number of ether oxygens (including phenoxy) is 1. The molecule has 3 aromatic carbocycles. The van der Waals surface area contributed by atoms with E-state index in [1.165, 1.54) is 66.0 Å². The average Bonchev–Trinajstić information content (AvgIpc) is 3.85. The number of nitrogens with one attached hydrogen (secondary N) is 2. The Bertz CT molecular complexity index is 2050. The molecule has 3 fully saturated rings. The Morgan fingerprint density at radius 1 is 0.923 bits per heavy atom. The van der Waals surface area contributed by atoms with E-state index in [0.717, 1.165) is 49.7 Å². The van der Waals surface area contributed by atoms with Crippen molar-refractivity contribution in [1.82, 2.24) is 14.8 Å². The Kier molecular flexibility index (Phi) is 9.16. The fourth-order valence-electron chi connectivity index (χ4n) is 9.65. The number of rotatable bonds is 8. The van der Waals surface area contributed by atoms with Crippen molar-refractivity contribution in [3.8, 4) is 17.0 Å². The number of nitrogens with zero attached hydrogens (tertiary/aromatic N) is 2. The van der Waals surface area contributed by atoms with Gasteiger partial charge in [-0.1, -0.05) is 50.3 Å². The summed E-state index contributed by atoms with van der Waals surface area (Å²) >= 11 is 0. The number of hydrogen-bond acceptors (Lipinski definition) is 5. The van der Waals surface area contributed by atoms with Gasteiger partial charge >= 0.3 is 5.97 Å². The van der Waals surface area contributed by atoms with Crippen molar-refractivity contribution in [2.45, 2.75) is 88.3 Å². The van der Waals surface area contributed by atoms with Crippen LogP contribution < -0.4 is 15.4 Å². The highest BCUT2D eigenvalue weighted by Gasteiger charge is 2.43. The number of carboxylic acids is 1. The largest absolute Gasteiger partial charge is 0.497 e. The Balaban J connectivity index is 1.15. The van der Waals surface area contributed by atoms with Crippen LogP contribution in [0.25, 0.3) is 28.2 Å². The summed E-state index contributed by atoms with van der Waals surface area (Å²) in [6, 6.07) is 20.1. The van der Waals surface area contributed by atoms with Crippen molar-refractivity contribution in [2.24, 2.45) is 5.92 Å². The predicted molar refractivity (Wildman–Crippen MR) is 204 cm³/mol. The van der Waals surface area contributed by atoms with Gasteiger partial charge in [0.15, 0.2) is 0 Å². The van der Waals surface area contributed by atoms with Crippen LogP contribution in [0.4, 0.5) is 5.69 Å². The van der Waals surface area contributed by atoms with Crippen molar-refractivity contribution in [3.63, 3.8) is 0 Å². The number of carbonyl (C=O) groups is 3. The summed E-state index contributed by atoms with van der Waals surface area (Å²) in [5.41, 5.74) is 7.30. The summed E-state index contributed by atoms with van der Waals surface area (Å²) in [7, 11) is 3.98. The molecule has 9 nitrogen and oxygen atoms in total. The molecule has 2 saturated carbocycles. The lowest BCUT2D eigenvalue weighted by Gasteiger charge is -2.29. The van der Waals surface area contributed by atoms with Crippen molar-refractivity contribution < 1.29 is 24.2 Å². The van der Waals surface area contributed by atoms with E-state index in [4.69, 9.17) is 9.84 Å².